The molecule has 2 heterocycles. The average molecular weight is 497 g/mol. The lowest BCUT2D eigenvalue weighted by molar-refractivity contribution is 0.0705. The molecular formula is C21H23BrClN3O2S. The quantitative estimate of drug-likeness (QED) is 0.538. The molecule has 3 aromatic rings. The zero-order chi connectivity index (χ0) is 20.2. The summed E-state index contributed by atoms with van der Waals surface area (Å²) >= 11 is 11.2. The van der Waals surface area contributed by atoms with E-state index in [-0.39, 0.29) is 0 Å². The summed E-state index contributed by atoms with van der Waals surface area (Å²) in [5.41, 5.74) is 0.996. The number of rotatable bonds is 6. The molecule has 2 aromatic carbocycles. The van der Waals surface area contributed by atoms with Gasteiger partial charge in [-0.15, -0.1) is 0 Å². The number of β-amino-alcohol motifs (C(OH)–C–C–N with tert-alkyl or cyclic N) is 1. The first-order valence-electron chi connectivity index (χ1n) is 9.67. The van der Waals surface area contributed by atoms with E-state index in [0.717, 1.165) is 63.2 Å². The van der Waals surface area contributed by atoms with Crippen LogP contribution < -0.4 is 9.64 Å². The van der Waals surface area contributed by atoms with Crippen molar-refractivity contribution in [3.63, 3.8) is 0 Å². The van der Waals surface area contributed by atoms with Crippen LogP contribution in [-0.4, -0.2) is 60.4 Å². The Morgan fingerprint density at radius 3 is 2.79 bits per heavy atom. The second-order valence-electron chi connectivity index (χ2n) is 7.17. The molecule has 1 N–H and O–H groups in total. The van der Waals surface area contributed by atoms with Crippen molar-refractivity contribution in [1.29, 1.82) is 0 Å². The fourth-order valence-corrected chi connectivity index (χ4v) is 5.00. The summed E-state index contributed by atoms with van der Waals surface area (Å²) in [4.78, 5) is 9.41. The van der Waals surface area contributed by atoms with Gasteiger partial charge in [0.2, 0.25) is 0 Å². The molecule has 0 saturated carbocycles. The molecule has 1 aliphatic rings. The van der Waals surface area contributed by atoms with Gasteiger partial charge in [-0.05, 0) is 55.4 Å². The smallest absolute Gasteiger partial charge is 0.186 e. The minimum atomic E-state index is -0.519. The van der Waals surface area contributed by atoms with Crippen molar-refractivity contribution in [1.82, 2.24) is 9.88 Å². The van der Waals surface area contributed by atoms with Gasteiger partial charge in [0.05, 0.1) is 10.2 Å². The maximum atomic E-state index is 10.4. The van der Waals surface area contributed by atoms with E-state index in [4.69, 9.17) is 21.3 Å². The molecule has 0 spiro atoms. The Morgan fingerprint density at radius 2 is 1.97 bits per heavy atom. The minimum absolute atomic E-state index is 0.292. The monoisotopic (exact) mass is 495 g/mol. The highest BCUT2D eigenvalue weighted by atomic mass is 79.9. The molecule has 154 valence electrons. The van der Waals surface area contributed by atoms with Gasteiger partial charge in [-0.3, -0.25) is 4.90 Å². The van der Waals surface area contributed by atoms with Gasteiger partial charge in [0.15, 0.2) is 5.13 Å². The molecule has 4 rings (SSSR count). The fraction of sp³-hybridized carbons (Fsp3) is 0.381. The Balaban J connectivity index is 1.29. The summed E-state index contributed by atoms with van der Waals surface area (Å²) in [7, 11) is 0. The lowest BCUT2D eigenvalue weighted by Crippen LogP contribution is -2.38. The van der Waals surface area contributed by atoms with Crippen molar-refractivity contribution in [2.45, 2.75) is 12.5 Å². The van der Waals surface area contributed by atoms with Crippen LogP contribution in [0.25, 0.3) is 10.2 Å². The van der Waals surface area contributed by atoms with E-state index < -0.39 is 6.10 Å². The lowest BCUT2D eigenvalue weighted by Gasteiger charge is -2.24. The number of nitrogens with zero attached hydrogens (tertiary/aromatic N) is 3. The molecular weight excluding hydrogens is 474 g/mol. The van der Waals surface area contributed by atoms with E-state index in [2.05, 4.69) is 25.7 Å². The SMILES string of the molecule is O[C@@H](COc1ccc(Br)cc1)CN1CCCN(c2nc3ccc(Cl)cc3s2)CC1. The van der Waals surface area contributed by atoms with Crippen LogP contribution in [-0.2, 0) is 0 Å². The molecule has 1 aliphatic heterocycles. The molecule has 5 nitrogen and oxygen atoms in total. The molecule has 29 heavy (non-hydrogen) atoms. The van der Waals surface area contributed by atoms with E-state index in [0.29, 0.717) is 13.2 Å². The Bertz CT molecular complexity index is 953. The third-order valence-electron chi connectivity index (χ3n) is 4.92. The summed E-state index contributed by atoms with van der Waals surface area (Å²) in [5.74, 6) is 0.769. The van der Waals surface area contributed by atoms with Gasteiger partial charge < -0.3 is 14.7 Å². The summed E-state index contributed by atoms with van der Waals surface area (Å²) in [6, 6.07) is 13.5. The standard InChI is InChI=1S/C21H23BrClN3O2S/c22-15-2-5-18(6-3-15)28-14-17(27)13-25-8-1-9-26(11-10-25)21-24-19-7-4-16(23)12-20(19)29-21/h2-7,12,17,27H,1,8-11,13-14H2/t17-/m1/s1. The van der Waals surface area contributed by atoms with E-state index in [1.54, 1.807) is 11.3 Å². The fourth-order valence-electron chi connectivity index (χ4n) is 3.44. The number of fused-ring (bicyclic) bond motifs is 1. The molecule has 8 heteroatoms. The van der Waals surface area contributed by atoms with Crippen LogP contribution in [0.15, 0.2) is 46.9 Å². The van der Waals surface area contributed by atoms with Crippen LogP contribution in [0.5, 0.6) is 5.75 Å². The third-order valence-corrected chi connectivity index (χ3v) is 6.77. The van der Waals surface area contributed by atoms with Crippen LogP contribution in [0, 0.1) is 0 Å². The topological polar surface area (TPSA) is 48.8 Å². The number of halogens is 2. The van der Waals surface area contributed by atoms with Crippen LogP contribution in [0.2, 0.25) is 5.02 Å². The van der Waals surface area contributed by atoms with Crippen molar-refractivity contribution >= 4 is 54.2 Å². The van der Waals surface area contributed by atoms with Crippen molar-refractivity contribution < 1.29 is 9.84 Å². The summed E-state index contributed by atoms with van der Waals surface area (Å²) < 4.78 is 7.83. The second kappa shape index (κ2) is 9.62. The zero-order valence-electron chi connectivity index (χ0n) is 15.9. The van der Waals surface area contributed by atoms with E-state index >= 15 is 0 Å². The zero-order valence-corrected chi connectivity index (χ0v) is 19.1. The third kappa shape index (κ3) is 5.61. The molecule has 0 bridgehead atoms. The van der Waals surface area contributed by atoms with Crippen molar-refractivity contribution in [3.05, 3.63) is 52.0 Å². The van der Waals surface area contributed by atoms with Gasteiger partial charge in [0.1, 0.15) is 18.5 Å². The average Bonchev–Trinajstić information content (AvgIpc) is 2.98. The number of benzene rings is 2. The molecule has 1 aromatic heterocycles. The Morgan fingerprint density at radius 1 is 1.14 bits per heavy atom. The number of thiazole rings is 1. The number of anilines is 1. The maximum absolute atomic E-state index is 10.4. The summed E-state index contributed by atoms with van der Waals surface area (Å²) in [6.45, 7) is 4.62. The number of aromatic nitrogens is 1. The van der Waals surface area contributed by atoms with Gasteiger partial charge in [-0.25, -0.2) is 4.98 Å². The molecule has 1 atom stereocenters. The first kappa shape index (κ1) is 20.9. The predicted octanol–water partition coefficient (Wildman–Crippen LogP) is 4.66. The normalized spacial score (nSPS) is 16.7. The Hall–Kier alpha value is -1.38. The first-order chi connectivity index (χ1) is 14.1. The second-order valence-corrected chi connectivity index (χ2v) is 9.53. The van der Waals surface area contributed by atoms with Crippen LogP contribution in [0.3, 0.4) is 0 Å². The summed E-state index contributed by atoms with van der Waals surface area (Å²) in [6.07, 6.45) is 0.520. The van der Waals surface area contributed by atoms with E-state index in [1.807, 2.05) is 42.5 Å². The number of ether oxygens (including phenoxy) is 1. The number of hydrogen-bond acceptors (Lipinski definition) is 6. The molecule has 1 saturated heterocycles. The largest absolute Gasteiger partial charge is 0.491 e. The molecule has 0 unspecified atom stereocenters. The number of aliphatic hydroxyl groups excluding tert-OH is 1. The van der Waals surface area contributed by atoms with Crippen LogP contribution in [0.4, 0.5) is 5.13 Å². The molecule has 1 fully saturated rings. The van der Waals surface area contributed by atoms with Crippen LogP contribution in [0.1, 0.15) is 6.42 Å². The molecule has 0 amide bonds. The van der Waals surface area contributed by atoms with Gasteiger partial charge in [0.25, 0.3) is 0 Å². The highest BCUT2D eigenvalue weighted by Crippen LogP contribution is 2.31. The van der Waals surface area contributed by atoms with E-state index in [1.165, 1.54) is 0 Å². The van der Waals surface area contributed by atoms with Gasteiger partial charge in [0, 0.05) is 35.7 Å². The molecule has 0 aliphatic carbocycles. The highest BCUT2D eigenvalue weighted by Gasteiger charge is 2.20. The van der Waals surface area contributed by atoms with Crippen molar-refractivity contribution in [3.8, 4) is 5.75 Å². The lowest BCUT2D eigenvalue weighted by atomic mass is 10.3. The Labute approximate surface area is 188 Å². The van der Waals surface area contributed by atoms with Crippen molar-refractivity contribution in [2.75, 3.05) is 44.2 Å². The maximum Gasteiger partial charge on any atom is 0.186 e. The number of aliphatic hydroxyl groups is 1. The van der Waals surface area contributed by atoms with Gasteiger partial charge >= 0.3 is 0 Å². The van der Waals surface area contributed by atoms with Gasteiger partial charge in [-0.1, -0.05) is 38.9 Å². The number of hydrogen-bond donors (Lipinski definition) is 1. The Kier molecular flexibility index (Phi) is 6.92. The molecule has 0 radical (unpaired) electrons. The predicted molar refractivity (Wildman–Crippen MR) is 124 cm³/mol. The summed E-state index contributed by atoms with van der Waals surface area (Å²) in [5, 5.41) is 12.2. The minimum Gasteiger partial charge on any atom is -0.491 e. The van der Waals surface area contributed by atoms with Crippen LogP contribution >= 0.6 is 38.9 Å². The van der Waals surface area contributed by atoms with Crippen molar-refractivity contribution in [2.24, 2.45) is 0 Å². The van der Waals surface area contributed by atoms with E-state index in [9.17, 15) is 5.11 Å². The highest BCUT2D eigenvalue weighted by molar-refractivity contribution is 9.10. The first-order valence-corrected chi connectivity index (χ1v) is 11.7. The van der Waals surface area contributed by atoms with Gasteiger partial charge in [-0.2, -0.15) is 0 Å².